The normalized spacial score (nSPS) is 11.0. The van der Waals surface area contributed by atoms with Gasteiger partial charge in [-0.3, -0.25) is 18.7 Å². The van der Waals surface area contributed by atoms with Crippen molar-refractivity contribution < 1.29 is 14.3 Å². The number of carbonyl (C=O) groups is 1. The van der Waals surface area contributed by atoms with Gasteiger partial charge in [0.1, 0.15) is 0 Å². The minimum absolute atomic E-state index is 0.0611. The summed E-state index contributed by atoms with van der Waals surface area (Å²) in [6.45, 7) is 6.94. The van der Waals surface area contributed by atoms with Crippen molar-refractivity contribution in [2.24, 2.45) is 0 Å². The second-order valence-electron chi connectivity index (χ2n) is 9.37. The molecule has 0 saturated carbocycles. The minimum atomic E-state index is -0.430. The zero-order valence-corrected chi connectivity index (χ0v) is 22.5. The number of aryl methyl sites for hydroxylation is 2. The van der Waals surface area contributed by atoms with Gasteiger partial charge in [0.05, 0.1) is 38.2 Å². The zero-order valence-electron chi connectivity index (χ0n) is 22.5. The molecular formula is C30H33N3O5. The maximum absolute atomic E-state index is 13.8. The molecule has 1 aromatic heterocycles. The lowest BCUT2D eigenvalue weighted by atomic mass is 10.1. The van der Waals surface area contributed by atoms with Crippen LogP contribution in [-0.4, -0.2) is 35.8 Å². The molecule has 0 aliphatic rings. The average Bonchev–Trinajstić information content (AvgIpc) is 2.93. The number of amides is 1. The molecule has 0 radical (unpaired) electrons. The Balaban J connectivity index is 1.85. The van der Waals surface area contributed by atoms with E-state index in [1.807, 2.05) is 39.0 Å². The number of ether oxygens (including phenoxy) is 2. The van der Waals surface area contributed by atoms with Crippen LogP contribution in [0.4, 0.5) is 0 Å². The van der Waals surface area contributed by atoms with Crippen LogP contribution >= 0.6 is 0 Å². The number of fused-ring (bicyclic) bond motifs is 1. The Labute approximate surface area is 221 Å². The molecule has 0 unspecified atom stereocenters. The van der Waals surface area contributed by atoms with Crippen LogP contribution in [0.15, 0.2) is 64.2 Å². The van der Waals surface area contributed by atoms with Gasteiger partial charge in [-0.2, -0.15) is 0 Å². The first-order valence-electron chi connectivity index (χ1n) is 12.6. The third-order valence-electron chi connectivity index (χ3n) is 6.66. The molecule has 0 aliphatic carbocycles. The van der Waals surface area contributed by atoms with Crippen molar-refractivity contribution in [2.45, 2.75) is 40.3 Å². The number of carbonyl (C=O) groups excluding carboxylic acids is 1. The summed E-state index contributed by atoms with van der Waals surface area (Å²) in [6, 6.07) is 16.3. The van der Waals surface area contributed by atoms with Crippen LogP contribution in [0, 0.1) is 13.8 Å². The summed E-state index contributed by atoms with van der Waals surface area (Å²) in [5.74, 6) is 0.685. The number of rotatable bonds is 9. The fraction of sp³-hybridized carbons (Fsp3) is 0.300. The molecule has 4 rings (SSSR count). The van der Waals surface area contributed by atoms with E-state index in [2.05, 4.69) is 5.32 Å². The predicted molar refractivity (Wildman–Crippen MR) is 149 cm³/mol. The lowest BCUT2D eigenvalue weighted by Gasteiger charge is -2.17. The Morgan fingerprint density at radius 3 is 2.21 bits per heavy atom. The Hall–Kier alpha value is -4.33. The second-order valence-corrected chi connectivity index (χ2v) is 9.37. The number of nitrogens with zero attached hydrogens (tertiary/aromatic N) is 2. The van der Waals surface area contributed by atoms with Gasteiger partial charge in [0.15, 0.2) is 11.5 Å². The fourth-order valence-corrected chi connectivity index (χ4v) is 4.46. The summed E-state index contributed by atoms with van der Waals surface area (Å²) in [7, 11) is 3.02. The number of hydrogen-bond acceptors (Lipinski definition) is 5. The Morgan fingerprint density at radius 1 is 0.868 bits per heavy atom. The van der Waals surface area contributed by atoms with Crippen LogP contribution < -0.4 is 26.0 Å². The largest absolute Gasteiger partial charge is 0.493 e. The van der Waals surface area contributed by atoms with E-state index in [9.17, 15) is 14.4 Å². The molecule has 1 N–H and O–H groups in total. The van der Waals surface area contributed by atoms with E-state index in [1.165, 1.54) is 18.8 Å². The molecule has 198 valence electrons. The van der Waals surface area contributed by atoms with E-state index in [4.69, 9.17) is 9.47 Å². The van der Waals surface area contributed by atoms with Crippen molar-refractivity contribution in [1.82, 2.24) is 14.5 Å². The molecule has 0 atom stereocenters. The molecule has 4 aromatic rings. The van der Waals surface area contributed by atoms with E-state index in [0.717, 1.165) is 28.7 Å². The van der Waals surface area contributed by atoms with Gasteiger partial charge in [0, 0.05) is 18.2 Å². The molecule has 38 heavy (non-hydrogen) atoms. The van der Waals surface area contributed by atoms with E-state index in [0.29, 0.717) is 34.5 Å². The third-order valence-corrected chi connectivity index (χ3v) is 6.66. The van der Waals surface area contributed by atoms with Crippen LogP contribution in [0.1, 0.15) is 46.0 Å². The molecule has 0 saturated heterocycles. The lowest BCUT2D eigenvalue weighted by Crippen LogP contribution is -2.40. The van der Waals surface area contributed by atoms with E-state index >= 15 is 0 Å². The third kappa shape index (κ3) is 5.34. The highest BCUT2D eigenvalue weighted by Crippen LogP contribution is 2.30. The van der Waals surface area contributed by atoms with Gasteiger partial charge in [0.2, 0.25) is 0 Å². The van der Waals surface area contributed by atoms with Crippen LogP contribution in [0.3, 0.4) is 0 Å². The minimum Gasteiger partial charge on any atom is -0.493 e. The van der Waals surface area contributed by atoms with Crippen LogP contribution in [0.25, 0.3) is 10.9 Å². The highest BCUT2D eigenvalue weighted by atomic mass is 16.5. The highest BCUT2D eigenvalue weighted by Gasteiger charge is 2.18. The first kappa shape index (κ1) is 26.7. The van der Waals surface area contributed by atoms with Gasteiger partial charge in [-0.05, 0) is 55.2 Å². The van der Waals surface area contributed by atoms with Gasteiger partial charge in [-0.25, -0.2) is 4.79 Å². The summed E-state index contributed by atoms with van der Waals surface area (Å²) >= 11 is 0. The molecule has 0 bridgehead atoms. The second kappa shape index (κ2) is 11.4. The quantitative estimate of drug-likeness (QED) is 0.363. The standard InChI is InChI=1S/C30H33N3O5/c1-6-13-31-28(34)22-11-9-21(10-12-22)17-33-29(35)24-15-26(37-4)27(38-5)16-25(24)32(30(33)36)18-23-14-19(2)7-8-20(23)3/h7-12,14-16H,6,13,17-18H2,1-5H3,(H,31,34). The van der Waals surface area contributed by atoms with E-state index in [1.54, 1.807) is 41.0 Å². The molecule has 3 aromatic carbocycles. The van der Waals surface area contributed by atoms with Gasteiger partial charge in [-0.15, -0.1) is 0 Å². The average molecular weight is 516 g/mol. The Morgan fingerprint density at radius 2 is 1.55 bits per heavy atom. The van der Waals surface area contributed by atoms with E-state index < -0.39 is 11.2 Å². The SMILES string of the molecule is CCCNC(=O)c1ccc(Cn2c(=O)c3cc(OC)c(OC)cc3n(Cc3cc(C)ccc3C)c2=O)cc1. The number of aromatic nitrogens is 2. The summed E-state index contributed by atoms with van der Waals surface area (Å²) < 4.78 is 13.7. The lowest BCUT2D eigenvalue weighted by molar-refractivity contribution is 0.0953. The summed E-state index contributed by atoms with van der Waals surface area (Å²) in [6.07, 6.45) is 0.847. The first-order chi connectivity index (χ1) is 18.3. The summed E-state index contributed by atoms with van der Waals surface area (Å²) in [5, 5.41) is 3.20. The van der Waals surface area contributed by atoms with E-state index in [-0.39, 0.29) is 19.0 Å². The van der Waals surface area contributed by atoms with Crippen LogP contribution in [0.5, 0.6) is 11.5 Å². The number of nitrogens with one attached hydrogen (secondary N) is 1. The maximum Gasteiger partial charge on any atom is 0.332 e. The van der Waals surface area contributed by atoms with Crippen molar-refractivity contribution in [2.75, 3.05) is 20.8 Å². The van der Waals surface area contributed by atoms with Crippen molar-refractivity contribution in [3.63, 3.8) is 0 Å². The predicted octanol–water partition coefficient (Wildman–Crippen LogP) is 4.03. The van der Waals surface area contributed by atoms with Crippen molar-refractivity contribution in [1.29, 1.82) is 0 Å². The smallest absolute Gasteiger partial charge is 0.332 e. The number of methoxy groups -OCH3 is 2. The molecular weight excluding hydrogens is 482 g/mol. The van der Waals surface area contributed by atoms with Gasteiger partial charge < -0.3 is 14.8 Å². The molecule has 1 amide bonds. The zero-order chi connectivity index (χ0) is 27.4. The first-order valence-corrected chi connectivity index (χ1v) is 12.6. The molecule has 0 aliphatic heterocycles. The van der Waals surface area contributed by atoms with Gasteiger partial charge in [-0.1, -0.05) is 42.8 Å². The van der Waals surface area contributed by atoms with Crippen LogP contribution in [0.2, 0.25) is 0 Å². The topological polar surface area (TPSA) is 91.6 Å². The maximum atomic E-state index is 13.8. The Kier molecular flexibility index (Phi) is 8.00. The number of hydrogen-bond donors (Lipinski definition) is 1. The highest BCUT2D eigenvalue weighted by molar-refractivity contribution is 5.94. The summed E-state index contributed by atoms with van der Waals surface area (Å²) in [5.41, 5.74) is 3.98. The molecule has 8 heteroatoms. The number of benzene rings is 3. The Bertz CT molecular complexity index is 1600. The summed E-state index contributed by atoms with van der Waals surface area (Å²) in [4.78, 5) is 39.7. The molecule has 0 spiro atoms. The van der Waals surface area contributed by atoms with Gasteiger partial charge >= 0.3 is 5.69 Å². The molecule has 0 fully saturated rings. The van der Waals surface area contributed by atoms with Crippen molar-refractivity contribution >= 4 is 16.8 Å². The van der Waals surface area contributed by atoms with Crippen LogP contribution in [-0.2, 0) is 13.1 Å². The van der Waals surface area contributed by atoms with Gasteiger partial charge in [0.25, 0.3) is 11.5 Å². The fourth-order valence-electron chi connectivity index (χ4n) is 4.46. The molecule has 8 nitrogen and oxygen atoms in total. The monoisotopic (exact) mass is 515 g/mol. The van der Waals surface area contributed by atoms with Crippen molar-refractivity contribution in [3.05, 3.63) is 103 Å². The molecule has 1 heterocycles. The van der Waals surface area contributed by atoms with Crippen molar-refractivity contribution in [3.8, 4) is 11.5 Å².